The van der Waals surface area contributed by atoms with Gasteiger partial charge in [0.15, 0.2) is 6.54 Å². The number of anilines is 1. The van der Waals surface area contributed by atoms with Crippen LogP contribution < -0.4 is 10.2 Å². The fourth-order valence-electron chi connectivity index (χ4n) is 4.04. The van der Waals surface area contributed by atoms with E-state index in [4.69, 9.17) is 0 Å². The molecular weight excluding hydrogens is 374 g/mol. The van der Waals surface area contributed by atoms with Crippen molar-refractivity contribution < 1.29 is 10.1 Å². The molecule has 2 aromatic rings. The molecule has 0 bridgehead atoms. The van der Waals surface area contributed by atoms with Crippen LogP contribution in [0, 0.1) is 5.92 Å². The molecule has 1 aliphatic heterocycles. The molecule has 2 N–H and O–H groups in total. The number of hydrogen-bond acceptors (Lipinski definition) is 4. The van der Waals surface area contributed by atoms with Crippen LogP contribution in [0.3, 0.4) is 0 Å². The Balaban J connectivity index is 1.53. The molecule has 0 aliphatic carbocycles. The Hall–Kier alpha value is -2.47. The average molecular weight is 411 g/mol. The Kier molecular flexibility index (Phi) is 7.80. The largest absolute Gasteiger partial charge is 0.337 e. The van der Waals surface area contributed by atoms with E-state index in [1.807, 2.05) is 11.0 Å². The quantitative estimate of drug-likeness (QED) is 0.726. The van der Waals surface area contributed by atoms with Gasteiger partial charge in [0, 0.05) is 50.1 Å². The van der Waals surface area contributed by atoms with Gasteiger partial charge in [-0.05, 0) is 24.0 Å². The molecule has 30 heavy (non-hydrogen) atoms. The summed E-state index contributed by atoms with van der Waals surface area (Å²) in [6.07, 6.45) is 4.67. The number of amides is 1. The first-order valence-electron chi connectivity index (χ1n) is 11.2. The summed E-state index contributed by atoms with van der Waals surface area (Å²) >= 11 is 0. The van der Waals surface area contributed by atoms with E-state index in [9.17, 15) is 4.79 Å². The van der Waals surface area contributed by atoms with Gasteiger partial charge in [-0.1, -0.05) is 52.0 Å². The van der Waals surface area contributed by atoms with E-state index in [0.717, 1.165) is 38.5 Å². The van der Waals surface area contributed by atoms with E-state index in [0.29, 0.717) is 24.4 Å². The Morgan fingerprint density at radius 1 is 1.00 bits per heavy atom. The van der Waals surface area contributed by atoms with Crippen molar-refractivity contribution in [2.24, 2.45) is 5.92 Å². The Labute approximate surface area is 180 Å². The SMILES string of the molecule is CC[C@@H](C)c1ccc([C@@H]([NH2+]CC(=O)N2CCN(c3ncccn3)CC2)C(C)C)cc1. The van der Waals surface area contributed by atoms with Gasteiger partial charge in [0.25, 0.3) is 5.91 Å². The average Bonchev–Trinajstić information content (AvgIpc) is 2.79. The molecule has 162 valence electrons. The van der Waals surface area contributed by atoms with Gasteiger partial charge in [-0.2, -0.15) is 0 Å². The third kappa shape index (κ3) is 5.57. The molecule has 1 aliphatic rings. The molecule has 1 aromatic carbocycles. The molecule has 2 heterocycles. The van der Waals surface area contributed by atoms with Crippen LogP contribution in [0.5, 0.6) is 0 Å². The van der Waals surface area contributed by atoms with E-state index in [2.05, 4.69) is 72.1 Å². The fraction of sp³-hybridized carbons (Fsp3) is 0.542. The van der Waals surface area contributed by atoms with Crippen molar-refractivity contribution in [1.82, 2.24) is 14.9 Å². The van der Waals surface area contributed by atoms with Crippen LogP contribution in [0.1, 0.15) is 57.2 Å². The fourth-order valence-corrected chi connectivity index (χ4v) is 4.04. The lowest BCUT2D eigenvalue weighted by Gasteiger charge is -2.34. The summed E-state index contributed by atoms with van der Waals surface area (Å²) < 4.78 is 0. The summed E-state index contributed by atoms with van der Waals surface area (Å²) in [7, 11) is 0. The van der Waals surface area contributed by atoms with Gasteiger partial charge in [0.05, 0.1) is 0 Å². The maximum absolute atomic E-state index is 12.8. The van der Waals surface area contributed by atoms with Gasteiger partial charge in [0.2, 0.25) is 5.95 Å². The van der Waals surface area contributed by atoms with Crippen molar-refractivity contribution in [3.8, 4) is 0 Å². The molecule has 6 nitrogen and oxygen atoms in total. The van der Waals surface area contributed by atoms with E-state index < -0.39 is 0 Å². The van der Waals surface area contributed by atoms with E-state index in [1.165, 1.54) is 11.1 Å². The number of aromatic nitrogens is 2. The second-order valence-electron chi connectivity index (χ2n) is 8.60. The minimum atomic E-state index is 0.213. The van der Waals surface area contributed by atoms with Crippen LogP contribution in [-0.2, 0) is 4.79 Å². The maximum atomic E-state index is 12.8. The predicted molar refractivity (Wildman–Crippen MR) is 120 cm³/mol. The van der Waals surface area contributed by atoms with Gasteiger partial charge in [-0.15, -0.1) is 0 Å². The van der Waals surface area contributed by atoms with Gasteiger partial charge in [0.1, 0.15) is 6.04 Å². The highest BCUT2D eigenvalue weighted by atomic mass is 16.2. The first-order valence-corrected chi connectivity index (χ1v) is 11.2. The number of rotatable bonds is 8. The van der Waals surface area contributed by atoms with Crippen molar-refractivity contribution in [3.63, 3.8) is 0 Å². The molecular formula is C24H36N5O+. The summed E-state index contributed by atoms with van der Waals surface area (Å²) in [4.78, 5) is 25.6. The number of nitrogens with two attached hydrogens (primary N) is 1. The second-order valence-corrected chi connectivity index (χ2v) is 8.60. The van der Waals surface area contributed by atoms with Gasteiger partial charge < -0.3 is 15.1 Å². The highest BCUT2D eigenvalue weighted by Crippen LogP contribution is 2.23. The highest BCUT2D eigenvalue weighted by Gasteiger charge is 2.26. The van der Waals surface area contributed by atoms with Crippen molar-refractivity contribution in [2.75, 3.05) is 37.6 Å². The Morgan fingerprint density at radius 3 is 2.17 bits per heavy atom. The zero-order chi connectivity index (χ0) is 21.5. The molecule has 0 unspecified atom stereocenters. The summed E-state index contributed by atoms with van der Waals surface area (Å²) in [6.45, 7) is 12.4. The standard InChI is InChI=1S/C24H35N5O/c1-5-19(4)20-7-9-21(10-8-20)23(18(2)3)27-17-22(30)28-13-15-29(16-14-28)24-25-11-6-12-26-24/h6-12,18-19,23,27H,5,13-17H2,1-4H3/p+1/t19-,23+/m1/s1. The Morgan fingerprint density at radius 2 is 1.60 bits per heavy atom. The van der Waals surface area contributed by atoms with Crippen molar-refractivity contribution in [3.05, 3.63) is 53.9 Å². The molecule has 2 atom stereocenters. The predicted octanol–water partition coefficient (Wildman–Crippen LogP) is 2.60. The molecule has 0 saturated carbocycles. The van der Waals surface area contributed by atoms with Crippen LogP contribution in [-0.4, -0.2) is 53.5 Å². The maximum Gasteiger partial charge on any atom is 0.277 e. The van der Waals surface area contributed by atoms with Crippen LogP contribution in [0.2, 0.25) is 0 Å². The zero-order valence-corrected chi connectivity index (χ0v) is 18.8. The van der Waals surface area contributed by atoms with Gasteiger partial charge >= 0.3 is 0 Å². The summed E-state index contributed by atoms with van der Waals surface area (Å²) in [5, 5.41) is 2.21. The summed E-state index contributed by atoms with van der Waals surface area (Å²) in [6, 6.07) is 11.1. The number of carbonyl (C=O) groups is 1. The zero-order valence-electron chi connectivity index (χ0n) is 18.8. The smallest absolute Gasteiger partial charge is 0.277 e. The molecule has 1 saturated heterocycles. The lowest BCUT2D eigenvalue weighted by molar-refractivity contribution is -0.692. The lowest BCUT2D eigenvalue weighted by Crippen LogP contribution is -2.88. The number of benzene rings is 1. The summed E-state index contributed by atoms with van der Waals surface area (Å²) in [5.74, 6) is 2.00. The Bertz CT molecular complexity index is 785. The highest BCUT2D eigenvalue weighted by molar-refractivity contribution is 5.77. The first kappa shape index (κ1) is 22.2. The van der Waals surface area contributed by atoms with Crippen LogP contribution in [0.4, 0.5) is 5.95 Å². The van der Waals surface area contributed by atoms with Crippen LogP contribution in [0.25, 0.3) is 0 Å². The third-order valence-corrected chi connectivity index (χ3v) is 6.23. The monoisotopic (exact) mass is 410 g/mol. The van der Waals surface area contributed by atoms with E-state index in [-0.39, 0.29) is 5.91 Å². The van der Waals surface area contributed by atoms with E-state index in [1.54, 1.807) is 12.4 Å². The first-order chi connectivity index (χ1) is 14.5. The van der Waals surface area contributed by atoms with Crippen molar-refractivity contribution in [2.45, 2.75) is 46.1 Å². The molecule has 0 radical (unpaired) electrons. The number of carbonyl (C=O) groups excluding carboxylic acids is 1. The normalized spacial score (nSPS) is 16.6. The minimum absolute atomic E-state index is 0.213. The molecule has 3 rings (SSSR count). The van der Waals surface area contributed by atoms with E-state index >= 15 is 0 Å². The van der Waals surface area contributed by atoms with Gasteiger partial charge in [-0.25, -0.2) is 9.97 Å². The van der Waals surface area contributed by atoms with Crippen molar-refractivity contribution >= 4 is 11.9 Å². The molecule has 0 spiro atoms. The number of hydrogen-bond donors (Lipinski definition) is 1. The minimum Gasteiger partial charge on any atom is -0.337 e. The topological polar surface area (TPSA) is 65.9 Å². The molecule has 1 amide bonds. The third-order valence-electron chi connectivity index (χ3n) is 6.23. The van der Waals surface area contributed by atoms with Crippen LogP contribution in [0.15, 0.2) is 42.7 Å². The second kappa shape index (κ2) is 10.5. The number of piperazine rings is 1. The van der Waals surface area contributed by atoms with Crippen LogP contribution >= 0.6 is 0 Å². The number of quaternary nitrogens is 1. The lowest BCUT2D eigenvalue weighted by atomic mass is 9.92. The molecule has 1 aromatic heterocycles. The van der Waals surface area contributed by atoms with Gasteiger partial charge in [-0.3, -0.25) is 4.79 Å². The molecule has 1 fully saturated rings. The van der Waals surface area contributed by atoms with Crippen molar-refractivity contribution in [1.29, 1.82) is 0 Å². The summed E-state index contributed by atoms with van der Waals surface area (Å²) in [5.41, 5.74) is 2.69. The molecule has 6 heteroatoms. The number of nitrogens with zero attached hydrogens (tertiary/aromatic N) is 4.